The number of allylic oxidation sites excluding steroid dienone is 1. The maximum atomic E-state index is 4.81. The van der Waals surface area contributed by atoms with Gasteiger partial charge in [0.1, 0.15) is 0 Å². The van der Waals surface area contributed by atoms with E-state index in [-0.39, 0.29) is 15.9 Å². The van der Waals surface area contributed by atoms with Crippen LogP contribution >= 0.6 is 19.1 Å². The molecule has 0 N–H and O–H groups in total. The van der Waals surface area contributed by atoms with E-state index < -0.39 is 0 Å². The van der Waals surface area contributed by atoms with Crippen LogP contribution in [0.2, 0.25) is 0 Å². The number of benzene rings is 1. The van der Waals surface area contributed by atoms with Gasteiger partial charge in [0.2, 0.25) is 0 Å². The number of halogens is 2. The first-order valence-corrected chi connectivity index (χ1v) is 7.18. The Balaban J connectivity index is 0.000000354. The van der Waals surface area contributed by atoms with E-state index in [0.717, 1.165) is 0 Å². The molecule has 0 aromatic heterocycles. The second-order valence-electron chi connectivity index (χ2n) is 1.86. The molecule has 0 nitrogen and oxygen atoms in total. The van der Waals surface area contributed by atoms with Gasteiger partial charge in [-0.3, -0.25) is 0 Å². The van der Waals surface area contributed by atoms with Crippen molar-refractivity contribution in [3.63, 3.8) is 0 Å². The molecule has 0 radical (unpaired) electrons. The van der Waals surface area contributed by atoms with Crippen LogP contribution in [0.25, 0.3) is 6.08 Å². The fourth-order valence-electron chi connectivity index (χ4n) is 0.700. The zero-order chi connectivity index (χ0) is 9.23. The van der Waals surface area contributed by atoms with Crippen LogP contribution in [0.5, 0.6) is 0 Å². The fraction of sp³-hybridized carbons (Fsp3) is 0. The first-order chi connectivity index (χ1) is 5.85. The molecule has 0 heterocycles. The van der Waals surface area contributed by atoms with Crippen LogP contribution in [0.3, 0.4) is 0 Å². The molecular weight excluding hydrogens is 285 g/mol. The van der Waals surface area contributed by atoms with Gasteiger partial charge in [0.25, 0.3) is 0 Å². The van der Waals surface area contributed by atoms with Gasteiger partial charge in [0.15, 0.2) is 0 Å². The molecule has 0 bridgehead atoms. The summed E-state index contributed by atoms with van der Waals surface area (Å²) in [5.74, 6) is 0. The molecule has 0 atom stereocenters. The number of hydrogen-bond acceptors (Lipinski definition) is 0. The molecule has 1 aromatic rings. The second-order valence-corrected chi connectivity index (χ2v) is 4.22. The van der Waals surface area contributed by atoms with Gasteiger partial charge < -0.3 is 0 Å². The van der Waals surface area contributed by atoms with Crippen LogP contribution in [-0.2, 0) is 15.9 Å². The molecule has 0 aliphatic heterocycles. The SMILES string of the molecule is [CH2-]/C=C/c1ccccc1.[Cl][Pd][Cl]. The number of rotatable bonds is 1. The van der Waals surface area contributed by atoms with E-state index in [0.29, 0.717) is 0 Å². The fourth-order valence-corrected chi connectivity index (χ4v) is 0.700. The molecule has 1 rings (SSSR count). The van der Waals surface area contributed by atoms with E-state index >= 15 is 0 Å². The van der Waals surface area contributed by atoms with Crippen LogP contribution in [-0.4, -0.2) is 0 Å². The van der Waals surface area contributed by atoms with Crippen molar-refractivity contribution in [1.29, 1.82) is 0 Å². The summed E-state index contributed by atoms with van der Waals surface area (Å²) in [4.78, 5) is 0. The third kappa shape index (κ3) is 6.76. The van der Waals surface area contributed by atoms with E-state index in [9.17, 15) is 0 Å². The molecule has 70 valence electrons. The molecule has 0 saturated heterocycles. The van der Waals surface area contributed by atoms with E-state index in [2.05, 4.69) is 6.92 Å². The van der Waals surface area contributed by atoms with Crippen molar-refractivity contribution in [3.05, 3.63) is 48.9 Å². The van der Waals surface area contributed by atoms with Crippen molar-refractivity contribution in [2.45, 2.75) is 0 Å². The third-order valence-electron chi connectivity index (χ3n) is 1.11. The predicted octanol–water partition coefficient (Wildman–Crippen LogP) is 3.91. The summed E-state index contributed by atoms with van der Waals surface area (Å²) in [7, 11) is 9.63. The molecular formula is C9H9Cl2Pd-. The minimum atomic E-state index is -0.106. The van der Waals surface area contributed by atoms with E-state index in [1.807, 2.05) is 36.4 Å². The third-order valence-corrected chi connectivity index (χ3v) is 1.11. The quantitative estimate of drug-likeness (QED) is 0.544. The monoisotopic (exact) mass is 293 g/mol. The Bertz CT molecular complexity index is 209. The van der Waals surface area contributed by atoms with E-state index in [1.54, 1.807) is 6.08 Å². The topological polar surface area (TPSA) is 0 Å². The summed E-state index contributed by atoms with van der Waals surface area (Å²) in [6, 6.07) is 10.1. The Hall–Kier alpha value is 0.0723. The average molecular weight is 294 g/mol. The van der Waals surface area contributed by atoms with Crippen LogP contribution in [0, 0.1) is 6.92 Å². The molecule has 0 spiro atoms. The molecule has 0 aliphatic rings. The zero-order valence-corrected chi connectivity index (χ0v) is 9.39. The molecule has 3 heteroatoms. The number of hydrogen-bond donors (Lipinski definition) is 0. The first-order valence-electron chi connectivity index (χ1n) is 3.18. The van der Waals surface area contributed by atoms with Gasteiger partial charge in [-0.05, 0) is 0 Å². The summed E-state index contributed by atoms with van der Waals surface area (Å²) in [6.45, 7) is 3.60. The van der Waals surface area contributed by atoms with E-state index in [4.69, 9.17) is 19.1 Å². The van der Waals surface area contributed by atoms with Crippen LogP contribution in [0.4, 0.5) is 0 Å². The Morgan fingerprint density at radius 1 is 1.17 bits per heavy atom. The summed E-state index contributed by atoms with van der Waals surface area (Å²) in [6.07, 6.45) is 3.76. The van der Waals surface area contributed by atoms with Gasteiger partial charge in [0.05, 0.1) is 0 Å². The Morgan fingerprint density at radius 2 is 1.67 bits per heavy atom. The van der Waals surface area contributed by atoms with Crippen molar-refractivity contribution in [2.24, 2.45) is 0 Å². The van der Waals surface area contributed by atoms with Crippen molar-refractivity contribution in [3.8, 4) is 0 Å². The summed E-state index contributed by atoms with van der Waals surface area (Å²) in [5.41, 5.74) is 1.20. The molecule has 0 saturated carbocycles. The van der Waals surface area contributed by atoms with Gasteiger partial charge in [-0.25, -0.2) is 19.1 Å². The van der Waals surface area contributed by atoms with Gasteiger partial charge in [-0.2, -0.15) is 0 Å². The van der Waals surface area contributed by atoms with Crippen LogP contribution in [0.1, 0.15) is 5.56 Å². The van der Waals surface area contributed by atoms with Crippen molar-refractivity contribution >= 4 is 25.1 Å². The minimum absolute atomic E-state index is 0.106. The van der Waals surface area contributed by atoms with Gasteiger partial charge in [-0.1, -0.05) is 30.3 Å². The zero-order valence-electron chi connectivity index (χ0n) is 6.32. The summed E-state index contributed by atoms with van der Waals surface area (Å²) in [5, 5.41) is 0. The second kappa shape index (κ2) is 9.16. The molecule has 0 aliphatic carbocycles. The van der Waals surface area contributed by atoms with Gasteiger partial charge in [-0.15, -0.1) is 5.56 Å². The summed E-state index contributed by atoms with van der Waals surface area (Å²) >= 11 is -0.106. The van der Waals surface area contributed by atoms with Crippen molar-refractivity contribution in [1.82, 2.24) is 0 Å². The molecule has 0 fully saturated rings. The Kier molecular flexibility index (Phi) is 9.22. The van der Waals surface area contributed by atoms with Crippen molar-refractivity contribution in [2.75, 3.05) is 0 Å². The maximum absolute atomic E-state index is 4.81. The van der Waals surface area contributed by atoms with Crippen molar-refractivity contribution < 1.29 is 15.9 Å². The summed E-state index contributed by atoms with van der Waals surface area (Å²) < 4.78 is 0. The first kappa shape index (κ1) is 12.1. The predicted molar refractivity (Wildman–Crippen MR) is 52.5 cm³/mol. The molecule has 0 amide bonds. The van der Waals surface area contributed by atoms with Crippen LogP contribution in [0.15, 0.2) is 36.4 Å². The normalized spacial score (nSPS) is 9.50. The average Bonchev–Trinajstić information content (AvgIpc) is 2.08. The molecule has 1 aromatic carbocycles. The molecule has 0 unspecified atom stereocenters. The van der Waals surface area contributed by atoms with Gasteiger partial charge in [0, 0.05) is 0 Å². The van der Waals surface area contributed by atoms with E-state index in [1.165, 1.54) is 5.56 Å². The Labute approximate surface area is 89.7 Å². The van der Waals surface area contributed by atoms with Crippen LogP contribution < -0.4 is 0 Å². The standard InChI is InChI=1S/C9H9.2ClH.Pd/c1-2-6-9-7-4-3-5-8-9;;;/h2-8H,1H2;2*1H;/q-1;;;+2/p-2/b6-2+;;;. The van der Waals surface area contributed by atoms with Gasteiger partial charge >= 0.3 is 35.0 Å². The Morgan fingerprint density at radius 3 is 2.08 bits per heavy atom. The molecule has 12 heavy (non-hydrogen) atoms.